The van der Waals surface area contributed by atoms with Crippen molar-refractivity contribution < 1.29 is 14.7 Å². The molecule has 1 aliphatic rings. The van der Waals surface area contributed by atoms with Crippen molar-refractivity contribution in [2.45, 2.75) is 26.0 Å². The van der Waals surface area contributed by atoms with Gasteiger partial charge >= 0.3 is 5.97 Å². The van der Waals surface area contributed by atoms with Crippen LogP contribution in [-0.4, -0.2) is 26.6 Å². The Morgan fingerprint density at radius 2 is 2.20 bits per heavy atom. The van der Waals surface area contributed by atoms with Gasteiger partial charge in [-0.05, 0) is 17.9 Å². The van der Waals surface area contributed by atoms with E-state index in [1.807, 2.05) is 13.8 Å². The first-order valence-corrected chi connectivity index (χ1v) is 5.43. The van der Waals surface area contributed by atoms with Gasteiger partial charge in [0, 0.05) is 13.1 Å². The van der Waals surface area contributed by atoms with Gasteiger partial charge in [0.25, 0.3) is 0 Å². The van der Waals surface area contributed by atoms with E-state index in [2.05, 4.69) is 5.43 Å². The van der Waals surface area contributed by atoms with Crippen LogP contribution in [-0.2, 0) is 9.59 Å². The van der Waals surface area contributed by atoms with Crippen molar-refractivity contribution in [1.82, 2.24) is 9.84 Å². The van der Waals surface area contributed by atoms with Gasteiger partial charge in [-0.15, -0.1) is 0 Å². The molecule has 0 bridgehead atoms. The minimum Gasteiger partial charge on any atom is -0.478 e. The molecule has 0 aromatic rings. The Labute approximate surface area is 92.6 Å². The highest BCUT2D eigenvalue weighted by Crippen LogP contribution is 2.35. The highest BCUT2D eigenvalue weighted by Gasteiger charge is 2.32. The average Bonchev–Trinajstić information content (AvgIpc) is 2.46. The Balaban J connectivity index is 2.78. The van der Waals surface area contributed by atoms with E-state index in [1.54, 1.807) is 0 Å². The van der Waals surface area contributed by atoms with Gasteiger partial charge in [0.15, 0.2) is 0 Å². The molecule has 2 N–H and O–H groups in total. The molecule has 1 amide bonds. The molecule has 0 spiro atoms. The van der Waals surface area contributed by atoms with Gasteiger partial charge in [-0.25, -0.2) is 9.21 Å². The van der Waals surface area contributed by atoms with Gasteiger partial charge in [0.2, 0.25) is 5.91 Å². The summed E-state index contributed by atoms with van der Waals surface area (Å²) in [6.07, 6.45) is 1.46. The largest absolute Gasteiger partial charge is 0.478 e. The lowest BCUT2D eigenvalue weighted by atomic mass is 10.0. The summed E-state index contributed by atoms with van der Waals surface area (Å²) in [5.74, 6) is -0.946. The van der Waals surface area contributed by atoms with Crippen molar-refractivity contribution in [3.8, 4) is 0 Å². The lowest BCUT2D eigenvalue weighted by Crippen LogP contribution is -2.31. The normalized spacial score (nSPS) is 20.4. The first kappa shape index (κ1) is 11.9. The van der Waals surface area contributed by atoms with Crippen molar-refractivity contribution in [3.05, 3.63) is 11.8 Å². The van der Waals surface area contributed by atoms with Gasteiger partial charge in [-0.1, -0.05) is 13.8 Å². The van der Waals surface area contributed by atoms with Crippen molar-refractivity contribution in [3.63, 3.8) is 0 Å². The number of aliphatic carboxylic acids is 1. The van der Waals surface area contributed by atoms with Crippen LogP contribution in [0.15, 0.2) is 11.8 Å². The van der Waals surface area contributed by atoms with Crippen LogP contribution in [0.3, 0.4) is 0 Å². The quantitative estimate of drug-likeness (QED) is 0.708. The third kappa shape index (κ3) is 2.89. The second-order valence-corrected chi connectivity index (χ2v) is 4.77. The summed E-state index contributed by atoms with van der Waals surface area (Å²) in [6.45, 7) is 5.29. The first-order valence-electron chi connectivity index (χ1n) is 4.60. The molecule has 6 heteroatoms. The molecule has 0 fully saturated rings. The van der Waals surface area contributed by atoms with Crippen LogP contribution in [0.25, 0.3) is 0 Å². The van der Waals surface area contributed by atoms with Crippen molar-refractivity contribution in [2.24, 2.45) is 5.92 Å². The molecule has 1 heterocycles. The van der Waals surface area contributed by atoms with E-state index >= 15 is 0 Å². The van der Waals surface area contributed by atoms with E-state index < -0.39 is 5.97 Å². The maximum Gasteiger partial charge on any atom is 0.334 e. The van der Waals surface area contributed by atoms with E-state index in [-0.39, 0.29) is 17.1 Å². The average molecular weight is 230 g/mol. The topological polar surface area (TPSA) is 69.6 Å². The lowest BCUT2D eigenvalue weighted by molar-refractivity contribution is -0.133. The SMILES string of the molecule is CC(=O)NN1C=C(C(=O)O)C(C(C)C)S1. The molecule has 1 unspecified atom stereocenters. The minimum atomic E-state index is -0.936. The number of carbonyl (C=O) groups excluding carboxylic acids is 1. The number of hydrogen-bond acceptors (Lipinski definition) is 4. The van der Waals surface area contributed by atoms with Crippen LogP contribution in [0.2, 0.25) is 0 Å². The molecule has 0 aliphatic carbocycles. The zero-order valence-electron chi connectivity index (χ0n) is 8.85. The van der Waals surface area contributed by atoms with Gasteiger partial charge in [-0.2, -0.15) is 0 Å². The molecular weight excluding hydrogens is 216 g/mol. The van der Waals surface area contributed by atoms with Crippen LogP contribution in [0, 0.1) is 5.92 Å². The number of carboxylic acids is 1. The molecular formula is C9H14N2O3S. The molecule has 1 aliphatic heterocycles. The molecule has 15 heavy (non-hydrogen) atoms. The van der Waals surface area contributed by atoms with Crippen molar-refractivity contribution in [2.75, 3.05) is 0 Å². The second kappa shape index (κ2) is 4.57. The number of nitrogens with one attached hydrogen (secondary N) is 1. The number of hydrogen-bond donors (Lipinski definition) is 2. The molecule has 1 atom stereocenters. The Kier molecular flexibility index (Phi) is 3.62. The highest BCUT2D eigenvalue weighted by atomic mass is 32.2. The van der Waals surface area contributed by atoms with Crippen LogP contribution >= 0.6 is 11.9 Å². The molecule has 1 rings (SSSR count). The summed E-state index contributed by atoms with van der Waals surface area (Å²) in [5.41, 5.74) is 2.85. The Hall–Kier alpha value is -1.17. The summed E-state index contributed by atoms with van der Waals surface area (Å²) < 4.78 is 1.45. The van der Waals surface area contributed by atoms with Gasteiger partial charge in [0.05, 0.1) is 10.8 Å². The predicted molar refractivity (Wildman–Crippen MR) is 57.6 cm³/mol. The molecule has 0 saturated carbocycles. The Bertz CT molecular complexity index is 314. The number of hydrazine groups is 1. The smallest absolute Gasteiger partial charge is 0.334 e. The maximum atomic E-state index is 10.9. The monoisotopic (exact) mass is 230 g/mol. The fourth-order valence-electron chi connectivity index (χ4n) is 1.28. The third-order valence-electron chi connectivity index (χ3n) is 1.91. The summed E-state index contributed by atoms with van der Waals surface area (Å²) in [5, 5.41) is 8.85. The van der Waals surface area contributed by atoms with Crippen LogP contribution in [0.5, 0.6) is 0 Å². The molecule has 0 aromatic carbocycles. The standard InChI is InChI=1S/C9H14N2O3S/c1-5(2)8-7(9(13)14)4-11(15-8)10-6(3)12/h4-5,8H,1-3H3,(H,10,12)(H,13,14). The molecule has 84 valence electrons. The fraction of sp³-hybridized carbons (Fsp3) is 0.556. The maximum absolute atomic E-state index is 10.9. The summed E-state index contributed by atoms with van der Waals surface area (Å²) in [6, 6.07) is 0. The molecule has 0 saturated heterocycles. The lowest BCUT2D eigenvalue weighted by Gasteiger charge is -2.18. The predicted octanol–water partition coefficient (Wildman–Crippen LogP) is 0.994. The minimum absolute atomic E-state index is 0.116. The van der Waals surface area contributed by atoms with Crippen LogP contribution in [0.1, 0.15) is 20.8 Å². The number of carbonyl (C=O) groups is 2. The van der Waals surface area contributed by atoms with Gasteiger partial charge < -0.3 is 5.11 Å². The summed E-state index contributed by atoms with van der Waals surface area (Å²) in [4.78, 5) is 21.7. The third-order valence-corrected chi connectivity index (χ3v) is 3.36. The first-order chi connectivity index (χ1) is 6.91. The number of amides is 1. The van der Waals surface area contributed by atoms with Crippen LogP contribution < -0.4 is 5.43 Å². The highest BCUT2D eigenvalue weighted by molar-refractivity contribution is 7.98. The Morgan fingerprint density at radius 3 is 2.53 bits per heavy atom. The Morgan fingerprint density at radius 1 is 1.60 bits per heavy atom. The fourth-order valence-corrected chi connectivity index (χ4v) is 2.40. The zero-order chi connectivity index (χ0) is 11.6. The van der Waals surface area contributed by atoms with Crippen molar-refractivity contribution in [1.29, 1.82) is 0 Å². The number of rotatable bonds is 3. The molecule has 0 radical (unpaired) electrons. The zero-order valence-corrected chi connectivity index (χ0v) is 9.67. The summed E-state index contributed by atoms with van der Waals surface area (Å²) >= 11 is 1.31. The molecule has 0 aromatic heterocycles. The van der Waals surface area contributed by atoms with E-state index in [9.17, 15) is 9.59 Å². The van der Waals surface area contributed by atoms with E-state index in [0.29, 0.717) is 5.57 Å². The van der Waals surface area contributed by atoms with Crippen LogP contribution in [0.4, 0.5) is 0 Å². The number of carboxylic acid groups (broad SMARTS) is 1. The summed E-state index contributed by atoms with van der Waals surface area (Å²) in [7, 11) is 0. The van der Waals surface area contributed by atoms with E-state index in [0.717, 1.165) is 0 Å². The van der Waals surface area contributed by atoms with Gasteiger partial charge in [-0.3, -0.25) is 10.2 Å². The van der Waals surface area contributed by atoms with E-state index in [4.69, 9.17) is 5.11 Å². The number of nitrogens with zero attached hydrogens (tertiary/aromatic N) is 1. The van der Waals surface area contributed by atoms with Crippen molar-refractivity contribution >= 4 is 23.8 Å². The second-order valence-electron chi connectivity index (χ2n) is 3.65. The van der Waals surface area contributed by atoms with Gasteiger partial charge in [0.1, 0.15) is 0 Å². The van der Waals surface area contributed by atoms with E-state index in [1.165, 1.54) is 29.5 Å². The molecule has 5 nitrogen and oxygen atoms in total.